The molecule has 0 heterocycles. The molecule has 0 aromatic rings. The van der Waals surface area contributed by atoms with E-state index in [1.807, 2.05) is 0 Å². The number of terminal acetylenes is 1. The summed E-state index contributed by atoms with van der Waals surface area (Å²) in [5.41, 5.74) is -0.708. The minimum Gasteiger partial charge on any atom is -0.378 e. The van der Waals surface area contributed by atoms with Crippen LogP contribution in [0.4, 0.5) is 0 Å². The fraction of sp³-hybridized carbons (Fsp3) is 0.714. The minimum atomic E-state index is -0.708. The predicted molar refractivity (Wildman–Crippen MR) is 34.4 cm³/mol. The molecule has 1 saturated carbocycles. The van der Waals surface area contributed by atoms with E-state index >= 15 is 0 Å². The van der Waals surface area contributed by atoms with E-state index in [0.717, 1.165) is 19.3 Å². The van der Waals surface area contributed by atoms with E-state index in [2.05, 4.69) is 5.92 Å². The van der Waals surface area contributed by atoms with Gasteiger partial charge in [-0.15, -0.1) is 6.42 Å². The van der Waals surface area contributed by atoms with Crippen LogP contribution < -0.4 is 0 Å². The topological polar surface area (TPSA) is 20.2 Å². The van der Waals surface area contributed by atoms with Gasteiger partial charge in [-0.3, -0.25) is 0 Å². The summed E-state index contributed by atoms with van der Waals surface area (Å²) < 4.78 is 0. The Bertz CT molecular complexity index is 106. The molecule has 0 unspecified atom stereocenters. The van der Waals surface area contributed by atoms with Crippen molar-refractivity contribution >= 4 is 0 Å². The summed E-state index contributed by atoms with van der Waals surface area (Å²) in [7, 11) is 0. The molecule has 1 rings (SSSR count). The second-order valence-electron chi connectivity index (χ2n) is 2.03. The lowest BCUT2D eigenvalue weighted by molar-refractivity contribution is 0.0241. The van der Waals surface area contributed by atoms with Gasteiger partial charge in [0, 0.05) is 0 Å². The summed E-state index contributed by atoms with van der Waals surface area (Å²) in [5, 5.41) is 8.98. The van der Waals surface area contributed by atoms with E-state index < -0.39 is 5.60 Å². The summed E-state index contributed by atoms with van der Waals surface area (Å²) in [6, 6.07) is 0. The van der Waals surface area contributed by atoms with Crippen molar-refractivity contribution in [2.45, 2.75) is 32.3 Å². The number of aliphatic hydroxyl groups is 1. The third kappa shape index (κ3) is 1.02. The summed E-state index contributed by atoms with van der Waals surface area (Å²) in [6.45, 7) is 0. The maximum absolute atomic E-state index is 8.98. The van der Waals surface area contributed by atoms with Crippen LogP contribution in [0.2, 0.25) is 0 Å². The molecule has 0 amide bonds. The molecule has 8 heavy (non-hydrogen) atoms. The molecule has 1 fully saturated rings. The smallest absolute Gasteiger partial charge is 0.125 e. The predicted octanol–water partition coefficient (Wildman–Crippen LogP) is 1.17. The average molecular weight is 112 g/mol. The van der Waals surface area contributed by atoms with Gasteiger partial charge in [0.05, 0.1) is 0 Å². The van der Waals surface area contributed by atoms with Crippen LogP contribution in [-0.4, -0.2) is 10.7 Å². The molecule has 1 aliphatic rings. The molecular weight excluding hydrogens is 100 g/mol. The van der Waals surface area contributed by atoms with Crippen LogP contribution in [0.1, 0.15) is 26.7 Å². The first-order chi connectivity index (χ1) is 3.27. The van der Waals surface area contributed by atoms with Crippen molar-refractivity contribution in [2.24, 2.45) is 0 Å². The van der Waals surface area contributed by atoms with Crippen molar-refractivity contribution in [3.8, 4) is 12.3 Å². The molecule has 1 N–H and O–H groups in total. The van der Waals surface area contributed by atoms with Crippen molar-refractivity contribution in [3.05, 3.63) is 0 Å². The zero-order chi connectivity index (χ0) is 5.33. The molecular formula is C7H12O. The van der Waals surface area contributed by atoms with E-state index in [4.69, 9.17) is 11.5 Å². The third-order valence-electron chi connectivity index (χ3n) is 1.45. The molecule has 0 atom stereocenters. The second-order valence-corrected chi connectivity index (χ2v) is 2.03. The lowest BCUT2D eigenvalue weighted by Crippen LogP contribution is -2.34. The van der Waals surface area contributed by atoms with E-state index in [-0.39, 0.29) is 7.43 Å². The summed E-state index contributed by atoms with van der Waals surface area (Å²) in [5.74, 6) is 2.33. The highest BCUT2D eigenvalue weighted by molar-refractivity contribution is 5.11. The normalized spacial score (nSPS) is 22.0. The van der Waals surface area contributed by atoms with E-state index in [1.165, 1.54) is 0 Å². The second kappa shape index (κ2) is 2.19. The molecule has 0 saturated heterocycles. The highest BCUT2D eigenvalue weighted by atomic mass is 16.3. The van der Waals surface area contributed by atoms with Gasteiger partial charge in [0.25, 0.3) is 0 Å². The Morgan fingerprint density at radius 2 is 2.00 bits per heavy atom. The van der Waals surface area contributed by atoms with Gasteiger partial charge in [0.2, 0.25) is 0 Å². The molecule has 1 aliphatic carbocycles. The Morgan fingerprint density at radius 3 is 2.00 bits per heavy atom. The maximum atomic E-state index is 8.98. The first-order valence-corrected chi connectivity index (χ1v) is 2.47. The van der Waals surface area contributed by atoms with Crippen LogP contribution in [0.15, 0.2) is 0 Å². The van der Waals surface area contributed by atoms with Crippen LogP contribution in [0.3, 0.4) is 0 Å². The van der Waals surface area contributed by atoms with Crippen LogP contribution in [0, 0.1) is 12.3 Å². The lowest BCUT2D eigenvalue weighted by Gasteiger charge is -2.30. The zero-order valence-electron chi connectivity index (χ0n) is 4.15. The molecule has 0 bridgehead atoms. The Balaban J connectivity index is 0.000000490. The van der Waals surface area contributed by atoms with Crippen LogP contribution >= 0.6 is 0 Å². The lowest BCUT2D eigenvalue weighted by atomic mass is 9.81. The van der Waals surface area contributed by atoms with E-state index in [1.54, 1.807) is 0 Å². The SMILES string of the molecule is C.C#CC1(O)CCC1. The summed E-state index contributed by atoms with van der Waals surface area (Å²) in [4.78, 5) is 0. The summed E-state index contributed by atoms with van der Waals surface area (Å²) in [6.07, 6.45) is 7.64. The maximum Gasteiger partial charge on any atom is 0.125 e. The van der Waals surface area contributed by atoms with Crippen molar-refractivity contribution in [1.82, 2.24) is 0 Å². The Hall–Kier alpha value is -0.480. The molecule has 0 aromatic carbocycles. The Kier molecular flexibility index (Phi) is 2.06. The van der Waals surface area contributed by atoms with Gasteiger partial charge in [-0.1, -0.05) is 13.3 Å². The van der Waals surface area contributed by atoms with Crippen LogP contribution in [0.5, 0.6) is 0 Å². The van der Waals surface area contributed by atoms with Gasteiger partial charge in [-0.05, 0) is 19.3 Å². The van der Waals surface area contributed by atoms with Gasteiger partial charge < -0.3 is 5.11 Å². The molecule has 1 nitrogen and oxygen atoms in total. The third-order valence-corrected chi connectivity index (χ3v) is 1.45. The number of hydrogen-bond acceptors (Lipinski definition) is 1. The largest absolute Gasteiger partial charge is 0.378 e. The van der Waals surface area contributed by atoms with Gasteiger partial charge in [0.15, 0.2) is 0 Å². The van der Waals surface area contributed by atoms with Gasteiger partial charge in [-0.2, -0.15) is 0 Å². The molecule has 0 aromatic heterocycles. The molecule has 46 valence electrons. The van der Waals surface area contributed by atoms with Crippen molar-refractivity contribution < 1.29 is 5.11 Å². The highest BCUT2D eigenvalue weighted by Gasteiger charge is 2.31. The molecule has 1 heteroatoms. The van der Waals surface area contributed by atoms with Crippen molar-refractivity contribution in [1.29, 1.82) is 0 Å². The van der Waals surface area contributed by atoms with Crippen molar-refractivity contribution in [2.75, 3.05) is 0 Å². The average Bonchev–Trinajstić information content (AvgIpc) is 1.61. The fourth-order valence-electron chi connectivity index (χ4n) is 0.656. The number of hydrogen-bond donors (Lipinski definition) is 1. The van der Waals surface area contributed by atoms with Crippen LogP contribution in [0.25, 0.3) is 0 Å². The number of rotatable bonds is 0. The van der Waals surface area contributed by atoms with E-state index in [9.17, 15) is 0 Å². The van der Waals surface area contributed by atoms with Crippen LogP contribution in [-0.2, 0) is 0 Å². The standard InChI is InChI=1S/C6H8O.CH4/c1-2-6(7)4-3-5-6;/h1,7H,3-5H2;1H4. The minimum absolute atomic E-state index is 0. The molecule has 0 radical (unpaired) electrons. The zero-order valence-corrected chi connectivity index (χ0v) is 4.15. The monoisotopic (exact) mass is 112 g/mol. The molecule has 0 aliphatic heterocycles. The quantitative estimate of drug-likeness (QED) is 0.466. The van der Waals surface area contributed by atoms with Gasteiger partial charge >= 0.3 is 0 Å². The Labute approximate surface area is 50.7 Å². The molecule has 0 spiro atoms. The van der Waals surface area contributed by atoms with Crippen molar-refractivity contribution in [3.63, 3.8) is 0 Å². The highest BCUT2D eigenvalue weighted by Crippen LogP contribution is 2.29. The fourth-order valence-corrected chi connectivity index (χ4v) is 0.656. The van der Waals surface area contributed by atoms with Gasteiger partial charge in [0.1, 0.15) is 5.60 Å². The van der Waals surface area contributed by atoms with E-state index in [0.29, 0.717) is 0 Å². The first kappa shape index (κ1) is 7.52. The Morgan fingerprint density at radius 1 is 1.50 bits per heavy atom. The first-order valence-electron chi connectivity index (χ1n) is 2.47. The summed E-state index contributed by atoms with van der Waals surface area (Å²) >= 11 is 0. The van der Waals surface area contributed by atoms with Gasteiger partial charge in [-0.25, -0.2) is 0 Å².